The summed E-state index contributed by atoms with van der Waals surface area (Å²) >= 11 is 0. The van der Waals surface area contributed by atoms with E-state index in [0.29, 0.717) is 0 Å². The highest BCUT2D eigenvalue weighted by molar-refractivity contribution is 5.55. The average molecular weight is 112 g/mol. The van der Waals surface area contributed by atoms with E-state index in [1.807, 2.05) is 26.0 Å². The van der Waals surface area contributed by atoms with Crippen LogP contribution in [0.2, 0.25) is 0 Å². The van der Waals surface area contributed by atoms with Gasteiger partial charge in [-0.2, -0.15) is 0 Å². The normalized spacial score (nSPS) is 14.2. The second-order valence-electron chi connectivity index (χ2n) is 1.83. The Morgan fingerprint density at radius 2 is 2.25 bits per heavy atom. The van der Waals surface area contributed by atoms with E-state index >= 15 is 0 Å². The van der Waals surface area contributed by atoms with Gasteiger partial charge in [0.15, 0.2) is 0 Å². The highest BCUT2D eigenvalue weighted by atomic mass is 16.1. The van der Waals surface area contributed by atoms with Crippen LogP contribution < -0.4 is 0 Å². The summed E-state index contributed by atoms with van der Waals surface area (Å²) in [6.07, 6.45) is 5.86. The van der Waals surface area contributed by atoms with Gasteiger partial charge in [0, 0.05) is 5.92 Å². The molecule has 46 valence electrons. The van der Waals surface area contributed by atoms with Crippen molar-refractivity contribution >= 4 is 6.29 Å². The lowest BCUT2D eigenvalue weighted by molar-refractivity contribution is -0.109. The number of hydrogen-bond acceptors (Lipinski definition) is 1. The van der Waals surface area contributed by atoms with E-state index in [0.717, 1.165) is 12.7 Å². The molecule has 0 aliphatic heterocycles. The van der Waals surface area contributed by atoms with Crippen molar-refractivity contribution in [2.24, 2.45) is 5.92 Å². The van der Waals surface area contributed by atoms with Crippen LogP contribution in [0.4, 0.5) is 0 Å². The van der Waals surface area contributed by atoms with E-state index in [4.69, 9.17) is 0 Å². The van der Waals surface area contributed by atoms with Crippen molar-refractivity contribution in [2.45, 2.75) is 20.3 Å². The van der Waals surface area contributed by atoms with Crippen molar-refractivity contribution in [1.29, 1.82) is 0 Å². The Bertz CT molecular complexity index is 84.4. The molecule has 1 unspecified atom stereocenters. The number of allylic oxidation sites excluding steroid dienone is 2. The predicted octanol–water partition coefficient (Wildman–Crippen LogP) is 1.79. The van der Waals surface area contributed by atoms with Gasteiger partial charge in [-0.05, 0) is 6.42 Å². The minimum Gasteiger partial charge on any atom is -0.303 e. The standard InChI is InChI=1S/C7H12O/c1-3-4-5-7(2)6-8/h4-7H,3H2,1-2H3/b5-4+. The van der Waals surface area contributed by atoms with E-state index in [2.05, 4.69) is 0 Å². The van der Waals surface area contributed by atoms with Gasteiger partial charge < -0.3 is 4.79 Å². The Morgan fingerprint density at radius 1 is 1.62 bits per heavy atom. The molecule has 0 spiro atoms. The van der Waals surface area contributed by atoms with E-state index < -0.39 is 0 Å². The Kier molecular flexibility index (Phi) is 4.23. The van der Waals surface area contributed by atoms with Crippen molar-refractivity contribution < 1.29 is 4.79 Å². The molecule has 0 heterocycles. The second kappa shape index (κ2) is 4.57. The van der Waals surface area contributed by atoms with Crippen molar-refractivity contribution in [3.8, 4) is 0 Å². The summed E-state index contributed by atoms with van der Waals surface area (Å²) in [7, 11) is 0. The summed E-state index contributed by atoms with van der Waals surface area (Å²) in [6, 6.07) is 0. The summed E-state index contributed by atoms with van der Waals surface area (Å²) < 4.78 is 0. The molecule has 0 saturated heterocycles. The highest BCUT2D eigenvalue weighted by Gasteiger charge is 1.87. The van der Waals surface area contributed by atoms with Crippen LogP contribution >= 0.6 is 0 Å². The zero-order chi connectivity index (χ0) is 6.41. The Morgan fingerprint density at radius 3 is 2.62 bits per heavy atom. The third-order valence-corrected chi connectivity index (χ3v) is 0.890. The molecule has 0 aliphatic carbocycles. The van der Waals surface area contributed by atoms with Gasteiger partial charge in [-0.3, -0.25) is 0 Å². The van der Waals surface area contributed by atoms with Gasteiger partial charge in [0.25, 0.3) is 0 Å². The monoisotopic (exact) mass is 112 g/mol. The van der Waals surface area contributed by atoms with Crippen LogP contribution in [0.3, 0.4) is 0 Å². The van der Waals surface area contributed by atoms with Crippen LogP contribution in [0.25, 0.3) is 0 Å². The van der Waals surface area contributed by atoms with Crippen LogP contribution in [0, 0.1) is 5.92 Å². The molecule has 0 saturated carbocycles. The fourth-order valence-corrected chi connectivity index (χ4v) is 0.396. The molecule has 0 N–H and O–H groups in total. The van der Waals surface area contributed by atoms with Crippen LogP contribution in [0.1, 0.15) is 20.3 Å². The average Bonchev–Trinajstić information content (AvgIpc) is 1.83. The molecule has 0 radical (unpaired) electrons. The lowest BCUT2D eigenvalue weighted by atomic mass is 10.2. The molecule has 0 aromatic carbocycles. The molecule has 0 amide bonds. The molecule has 0 bridgehead atoms. The summed E-state index contributed by atoms with van der Waals surface area (Å²) in [5, 5.41) is 0. The summed E-state index contributed by atoms with van der Waals surface area (Å²) in [6.45, 7) is 3.92. The summed E-state index contributed by atoms with van der Waals surface area (Å²) in [5.74, 6) is 0.0925. The number of hydrogen-bond donors (Lipinski definition) is 0. The lowest BCUT2D eigenvalue weighted by Crippen LogP contribution is -1.87. The first-order chi connectivity index (χ1) is 3.81. The quantitative estimate of drug-likeness (QED) is 0.402. The second-order valence-corrected chi connectivity index (χ2v) is 1.83. The van der Waals surface area contributed by atoms with Gasteiger partial charge in [-0.1, -0.05) is 26.0 Å². The van der Waals surface area contributed by atoms with Crippen LogP contribution in [0.5, 0.6) is 0 Å². The maximum absolute atomic E-state index is 9.96. The molecule has 8 heavy (non-hydrogen) atoms. The first-order valence-electron chi connectivity index (χ1n) is 2.93. The lowest BCUT2D eigenvalue weighted by Gasteiger charge is -1.88. The zero-order valence-corrected chi connectivity index (χ0v) is 5.42. The molecule has 0 aliphatic rings. The van der Waals surface area contributed by atoms with Gasteiger partial charge >= 0.3 is 0 Å². The Balaban J connectivity index is 3.35. The molecule has 1 nitrogen and oxygen atoms in total. The largest absolute Gasteiger partial charge is 0.303 e. The number of carbonyl (C=O) groups excluding carboxylic acids is 1. The van der Waals surface area contributed by atoms with E-state index in [1.165, 1.54) is 0 Å². The molecule has 1 heteroatoms. The predicted molar refractivity (Wildman–Crippen MR) is 34.7 cm³/mol. The summed E-state index contributed by atoms with van der Waals surface area (Å²) in [5.41, 5.74) is 0. The highest BCUT2D eigenvalue weighted by Crippen LogP contribution is 1.91. The number of aldehydes is 1. The van der Waals surface area contributed by atoms with Gasteiger partial charge in [-0.15, -0.1) is 0 Å². The van der Waals surface area contributed by atoms with E-state index in [-0.39, 0.29) is 5.92 Å². The molecule has 1 atom stereocenters. The van der Waals surface area contributed by atoms with Crippen molar-refractivity contribution in [1.82, 2.24) is 0 Å². The Labute approximate surface area is 50.4 Å². The number of rotatable bonds is 3. The fraction of sp³-hybridized carbons (Fsp3) is 0.571. The van der Waals surface area contributed by atoms with E-state index in [9.17, 15) is 4.79 Å². The van der Waals surface area contributed by atoms with Crippen LogP contribution in [-0.4, -0.2) is 6.29 Å². The zero-order valence-electron chi connectivity index (χ0n) is 5.42. The molecule has 0 aromatic heterocycles. The summed E-state index contributed by atoms with van der Waals surface area (Å²) in [4.78, 5) is 9.96. The molecular weight excluding hydrogens is 100 g/mol. The maximum atomic E-state index is 9.96. The molecule has 0 fully saturated rings. The minimum atomic E-state index is 0.0925. The van der Waals surface area contributed by atoms with Gasteiger partial charge in [0.1, 0.15) is 6.29 Å². The van der Waals surface area contributed by atoms with Crippen molar-refractivity contribution in [3.63, 3.8) is 0 Å². The van der Waals surface area contributed by atoms with Crippen LogP contribution in [0.15, 0.2) is 12.2 Å². The number of carbonyl (C=O) groups is 1. The fourth-order valence-electron chi connectivity index (χ4n) is 0.396. The Hall–Kier alpha value is -0.590. The van der Waals surface area contributed by atoms with Gasteiger partial charge in [0.2, 0.25) is 0 Å². The van der Waals surface area contributed by atoms with Crippen molar-refractivity contribution in [2.75, 3.05) is 0 Å². The smallest absolute Gasteiger partial charge is 0.126 e. The van der Waals surface area contributed by atoms with Gasteiger partial charge in [0.05, 0.1) is 0 Å². The van der Waals surface area contributed by atoms with Crippen molar-refractivity contribution in [3.05, 3.63) is 12.2 Å². The van der Waals surface area contributed by atoms with E-state index in [1.54, 1.807) is 0 Å². The first-order valence-corrected chi connectivity index (χ1v) is 2.93. The van der Waals surface area contributed by atoms with Gasteiger partial charge in [-0.25, -0.2) is 0 Å². The maximum Gasteiger partial charge on any atom is 0.126 e. The van der Waals surface area contributed by atoms with Crippen LogP contribution in [-0.2, 0) is 4.79 Å². The SMILES string of the molecule is CC/C=C/C(C)C=O. The molecule has 0 rings (SSSR count). The molecular formula is C7H12O. The minimum absolute atomic E-state index is 0.0925. The topological polar surface area (TPSA) is 17.1 Å². The molecule has 0 aromatic rings. The third-order valence-electron chi connectivity index (χ3n) is 0.890. The first kappa shape index (κ1) is 7.41. The third kappa shape index (κ3) is 3.59.